The Morgan fingerprint density at radius 2 is 1.00 bits per heavy atom. The summed E-state index contributed by atoms with van der Waals surface area (Å²) in [7, 11) is 0. The molecule has 7 aromatic carbocycles. The summed E-state index contributed by atoms with van der Waals surface area (Å²) in [6, 6.07) is 55.9. The molecule has 0 aliphatic heterocycles. The second-order valence-electron chi connectivity index (χ2n) is 11.3. The molecule has 0 bridgehead atoms. The number of benzene rings is 7. The van der Waals surface area contributed by atoms with Gasteiger partial charge in [-0.15, -0.1) is 0 Å². The summed E-state index contributed by atoms with van der Waals surface area (Å²) < 4.78 is 8.38. The highest BCUT2D eigenvalue weighted by molar-refractivity contribution is 6.11. The van der Waals surface area contributed by atoms with Crippen molar-refractivity contribution in [2.24, 2.45) is 0 Å². The first kappa shape index (κ1) is 24.6. The zero-order valence-electron chi connectivity index (χ0n) is 23.8. The van der Waals surface area contributed by atoms with E-state index < -0.39 is 0 Å². The highest BCUT2D eigenvalue weighted by Gasteiger charge is 2.15. The summed E-state index contributed by atoms with van der Waals surface area (Å²) in [5.41, 5.74) is 10.9. The van der Waals surface area contributed by atoms with Gasteiger partial charge in [0.2, 0.25) is 5.89 Å². The fraction of sp³-hybridized carbons (Fsp3) is 0. The van der Waals surface area contributed by atoms with Crippen LogP contribution in [0, 0.1) is 0 Å². The molecule has 2 aromatic heterocycles. The van der Waals surface area contributed by atoms with Crippen molar-refractivity contribution in [3.8, 4) is 39.4 Å². The highest BCUT2D eigenvalue weighted by Crippen LogP contribution is 2.38. The Balaban J connectivity index is 1.19. The molecule has 0 unspecified atom stereocenters. The first-order chi connectivity index (χ1) is 21.8. The molecule has 2 heterocycles. The van der Waals surface area contributed by atoms with Gasteiger partial charge in [0.15, 0.2) is 5.58 Å². The molecule has 0 saturated heterocycles. The Hall–Kier alpha value is -5.93. The molecule has 206 valence electrons. The minimum Gasteiger partial charge on any atom is -0.436 e. The maximum atomic E-state index is 6.01. The van der Waals surface area contributed by atoms with E-state index in [4.69, 9.17) is 4.42 Å². The molecule has 3 nitrogen and oxygen atoms in total. The number of para-hydroxylation sites is 3. The van der Waals surface area contributed by atoms with Crippen LogP contribution in [0.1, 0.15) is 0 Å². The maximum Gasteiger partial charge on any atom is 0.227 e. The molecule has 9 aromatic rings. The second kappa shape index (κ2) is 9.82. The lowest BCUT2D eigenvalue weighted by molar-refractivity contribution is 0.620. The van der Waals surface area contributed by atoms with Gasteiger partial charge in [0.05, 0.1) is 11.0 Å². The van der Waals surface area contributed by atoms with Gasteiger partial charge in [-0.2, -0.15) is 0 Å². The Morgan fingerprint density at radius 1 is 0.432 bits per heavy atom. The smallest absolute Gasteiger partial charge is 0.227 e. The molecule has 0 amide bonds. The lowest BCUT2D eigenvalue weighted by Crippen LogP contribution is -1.93. The van der Waals surface area contributed by atoms with Crippen molar-refractivity contribution in [2.45, 2.75) is 0 Å². The van der Waals surface area contributed by atoms with Crippen molar-refractivity contribution < 1.29 is 4.42 Å². The summed E-state index contributed by atoms with van der Waals surface area (Å²) >= 11 is 0. The molecule has 0 fully saturated rings. The van der Waals surface area contributed by atoms with Crippen LogP contribution in [0.3, 0.4) is 0 Å². The summed E-state index contributed by atoms with van der Waals surface area (Å²) in [6.07, 6.45) is 0. The Morgan fingerprint density at radius 3 is 1.75 bits per heavy atom. The number of hydrogen-bond acceptors (Lipinski definition) is 2. The van der Waals surface area contributed by atoms with Crippen LogP contribution in [0.5, 0.6) is 0 Å². The van der Waals surface area contributed by atoms with Gasteiger partial charge in [0.25, 0.3) is 0 Å². The van der Waals surface area contributed by atoms with Crippen LogP contribution in [0.15, 0.2) is 162 Å². The molecule has 0 radical (unpaired) electrons. The van der Waals surface area contributed by atoms with E-state index in [2.05, 4.69) is 143 Å². The van der Waals surface area contributed by atoms with E-state index in [0.717, 1.165) is 27.9 Å². The third-order valence-corrected chi connectivity index (χ3v) is 8.62. The minimum absolute atomic E-state index is 0.639. The van der Waals surface area contributed by atoms with Gasteiger partial charge in [-0.25, -0.2) is 4.98 Å². The Bertz CT molecular complexity index is 2450. The van der Waals surface area contributed by atoms with Gasteiger partial charge in [0.1, 0.15) is 5.52 Å². The van der Waals surface area contributed by atoms with Gasteiger partial charge in [-0.05, 0) is 99.8 Å². The van der Waals surface area contributed by atoms with Crippen molar-refractivity contribution in [2.75, 3.05) is 0 Å². The fourth-order valence-corrected chi connectivity index (χ4v) is 6.41. The van der Waals surface area contributed by atoms with Gasteiger partial charge in [0, 0.05) is 22.0 Å². The molecule has 44 heavy (non-hydrogen) atoms. The number of rotatable bonds is 4. The number of nitrogens with zero attached hydrogens (tertiary/aromatic N) is 2. The van der Waals surface area contributed by atoms with Crippen LogP contribution in [0.25, 0.3) is 83.1 Å². The molecule has 0 saturated carbocycles. The van der Waals surface area contributed by atoms with Gasteiger partial charge < -0.3 is 8.98 Å². The third kappa shape index (κ3) is 4.02. The topological polar surface area (TPSA) is 31.0 Å². The van der Waals surface area contributed by atoms with Crippen molar-refractivity contribution >= 4 is 43.7 Å². The number of fused-ring (bicyclic) bond motifs is 5. The normalized spacial score (nSPS) is 11.6. The minimum atomic E-state index is 0.639. The van der Waals surface area contributed by atoms with E-state index in [9.17, 15) is 0 Å². The average Bonchev–Trinajstić information content (AvgIpc) is 3.67. The lowest BCUT2D eigenvalue weighted by atomic mass is 9.98. The molecule has 0 aliphatic carbocycles. The van der Waals surface area contributed by atoms with Crippen LogP contribution in [-0.4, -0.2) is 9.55 Å². The van der Waals surface area contributed by atoms with Crippen molar-refractivity contribution in [3.05, 3.63) is 158 Å². The van der Waals surface area contributed by atoms with Gasteiger partial charge >= 0.3 is 0 Å². The lowest BCUT2D eigenvalue weighted by Gasteiger charge is -2.09. The van der Waals surface area contributed by atoms with E-state index in [1.165, 1.54) is 49.3 Å². The SMILES string of the molecule is c1ccc(-n2c3ccc(-c4ccc(-c5nc6ccccc6o5)cc4)cc3c3cc(-c4ccc5ccccc5c4)ccc32)cc1. The summed E-state index contributed by atoms with van der Waals surface area (Å²) in [4.78, 5) is 4.67. The zero-order chi connectivity index (χ0) is 29.0. The van der Waals surface area contributed by atoms with Crippen LogP contribution in [0.4, 0.5) is 0 Å². The largest absolute Gasteiger partial charge is 0.436 e. The molecule has 0 spiro atoms. The molecule has 0 N–H and O–H groups in total. The Labute approximate surface area is 254 Å². The Kier molecular flexibility index (Phi) is 5.50. The first-order valence-electron chi connectivity index (χ1n) is 14.9. The van der Waals surface area contributed by atoms with Gasteiger partial charge in [-0.3, -0.25) is 0 Å². The van der Waals surface area contributed by atoms with E-state index in [0.29, 0.717) is 5.89 Å². The number of oxazole rings is 1. The molecular formula is C41H26N2O. The van der Waals surface area contributed by atoms with Crippen LogP contribution < -0.4 is 0 Å². The monoisotopic (exact) mass is 562 g/mol. The summed E-state index contributed by atoms with van der Waals surface area (Å²) in [5, 5.41) is 4.97. The first-order valence-corrected chi connectivity index (χ1v) is 14.9. The predicted molar refractivity (Wildman–Crippen MR) is 182 cm³/mol. The molecular weight excluding hydrogens is 536 g/mol. The van der Waals surface area contributed by atoms with E-state index in [1.54, 1.807) is 0 Å². The summed E-state index contributed by atoms with van der Waals surface area (Å²) in [5.74, 6) is 0.639. The zero-order valence-corrected chi connectivity index (χ0v) is 23.8. The van der Waals surface area contributed by atoms with E-state index >= 15 is 0 Å². The number of aromatic nitrogens is 2. The van der Waals surface area contributed by atoms with Crippen molar-refractivity contribution in [1.82, 2.24) is 9.55 Å². The van der Waals surface area contributed by atoms with Crippen LogP contribution in [-0.2, 0) is 0 Å². The third-order valence-electron chi connectivity index (χ3n) is 8.62. The predicted octanol–water partition coefficient (Wildman–Crippen LogP) is 11.1. The van der Waals surface area contributed by atoms with Crippen molar-refractivity contribution in [3.63, 3.8) is 0 Å². The quantitative estimate of drug-likeness (QED) is 0.214. The van der Waals surface area contributed by atoms with Crippen LogP contribution in [0.2, 0.25) is 0 Å². The molecule has 0 atom stereocenters. The second-order valence-corrected chi connectivity index (χ2v) is 11.3. The number of hydrogen-bond donors (Lipinski definition) is 0. The highest BCUT2D eigenvalue weighted by atomic mass is 16.3. The fourth-order valence-electron chi connectivity index (χ4n) is 6.41. The maximum absolute atomic E-state index is 6.01. The van der Waals surface area contributed by atoms with Crippen molar-refractivity contribution in [1.29, 1.82) is 0 Å². The molecule has 9 rings (SSSR count). The molecule has 3 heteroatoms. The standard InChI is InChI=1S/C41H26N2O/c1-2-10-34(11-3-1)43-38-22-20-32(28-14-17-29(18-15-28)41-42-37-12-6-7-13-40(37)44-41)25-35(38)36-26-33(21-23-39(36)43)31-19-16-27-8-4-5-9-30(27)24-31/h1-26H. The van der Waals surface area contributed by atoms with E-state index in [1.807, 2.05) is 24.3 Å². The van der Waals surface area contributed by atoms with Crippen LogP contribution >= 0.6 is 0 Å². The average molecular weight is 563 g/mol. The molecule has 0 aliphatic rings. The summed E-state index contributed by atoms with van der Waals surface area (Å²) in [6.45, 7) is 0. The van der Waals surface area contributed by atoms with E-state index in [-0.39, 0.29) is 0 Å². The van der Waals surface area contributed by atoms with Gasteiger partial charge in [-0.1, -0.05) is 91.0 Å².